The second kappa shape index (κ2) is 6.06. The first-order chi connectivity index (χ1) is 9.54. The van der Waals surface area contributed by atoms with Gasteiger partial charge in [0.1, 0.15) is 5.60 Å². The molecule has 4 nitrogen and oxygen atoms in total. The number of rotatable bonds is 2. The van der Waals surface area contributed by atoms with Crippen molar-refractivity contribution in [2.24, 2.45) is 5.10 Å². The van der Waals surface area contributed by atoms with Crippen LogP contribution in [0.25, 0.3) is 0 Å². The van der Waals surface area contributed by atoms with Gasteiger partial charge in [-0.05, 0) is 20.8 Å². The molecule has 0 aliphatic heterocycles. The third-order valence-corrected chi connectivity index (χ3v) is 1.99. The van der Waals surface area contributed by atoms with Crippen LogP contribution in [0.4, 0.5) is 26.7 Å². The van der Waals surface area contributed by atoms with Crippen LogP contribution < -0.4 is 5.43 Å². The van der Waals surface area contributed by atoms with Gasteiger partial charge >= 0.3 is 6.09 Å². The maximum atomic E-state index is 13.2. The standard InChI is InChI=1S/C12H11F5N2O2/c1-12(2,3)21-11(20)19-18-4-5-6(13)8(15)10(17)9(16)7(5)14/h4H,1-3H3,(H,19,20)/b18-4+. The van der Waals surface area contributed by atoms with E-state index in [4.69, 9.17) is 4.74 Å². The summed E-state index contributed by atoms with van der Waals surface area (Å²) in [4.78, 5) is 11.2. The minimum Gasteiger partial charge on any atom is -0.443 e. The Morgan fingerprint density at radius 1 is 1.00 bits per heavy atom. The molecule has 0 heterocycles. The summed E-state index contributed by atoms with van der Waals surface area (Å²) in [6.45, 7) is 4.67. The van der Waals surface area contributed by atoms with Crippen LogP contribution in [-0.4, -0.2) is 17.9 Å². The Bertz CT molecular complexity index is 567. The number of halogens is 5. The Morgan fingerprint density at radius 3 is 1.86 bits per heavy atom. The Kier molecular flexibility index (Phi) is 4.87. The van der Waals surface area contributed by atoms with Crippen LogP contribution in [0.3, 0.4) is 0 Å². The van der Waals surface area contributed by atoms with E-state index in [9.17, 15) is 26.7 Å². The zero-order valence-corrected chi connectivity index (χ0v) is 11.2. The fourth-order valence-electron chi connectivity index (χ4n) is 1.19. The van der Waals surface area contributed by atoms with Gasteiger partial charge in [-0.2, -0.15) is 5.10 Å². The molecule has 1 N–H and O–H groups in total. The van der Waals surface area contributed by atoms with Crippen LogP contribution in [-0.2, 0) is 4.74 Å². The molecule has 1 aromatic carbocycles. The van der Waals surface area contributed by atoms with Crippen LogP contribution in [0.15, 0.2) is 5.10 Å². The molecule has 0 aliphatic carbocycles. The number of nitrogens with one attached hydrogen (secondary N) is 1. The van der Waals surface area contributed by atoms with Gasteiger partial charge in [-0.1, -0.05) is 0 Å². The van der Waals surface area contributed by atoms with Crippen LogP contribution in [0, 0.1) is 29.1 Å². The number of amides is 1. The van der Waals surface area contributed by atoms with E-state index in [1.165, 1.54) is 0 Å². The summed E-state index contributed by atoms with van der Waals surface area (Å²) in [6, 6.07) is 0. The topological polar surface area (TPSA) is 50.7 Å². The smallest absolute Gasteiger partial charge is 0.428 e. The fraction of sp³-hybridized carbons (Fsp3) is 0.333. The maximum Gasteiger partial charge on any atom is 0.428 e. The van der Waals surface area contributed by atoms with Gasteiger partial charge in [-0.25, -0.2) is 32.2 Å². The number of carbonyl (C=O) groups is 1. The van der Waals surface area contributed by atoms with Crippen molar-refractivity contribution in [1.29, 1.82) is 0 Å². The van der Waals surface area contributed by atoms with Crippen molar-refractivity contribution in [3.63, 3.8) is 0 Å². The van der Waals surface area contributed by atoms with E-state index < -0.39 is 46.3 Å². The normalized spacial score (nSPS) is 11.8. The SMILES string of the molecule is CC(C)(C)OC(=O)N/N=C/c1c(F)c(F)c(F)c(F)c1F. The molecule has 116 valence electrons. The van der Waals surface area contributed by atoms with Crippen molar-refractivity contribution < 1.29 is 31.5 Å². The molecule has 0 radical (unpaired) electrons. The highest BCUT2D eigenvalue weighted by Gasteiger charge is 2.24. The Balaban J connectivity index is 2.94. The van der Waals surface area contributed by atoms with Crippen molar-refractivity contribution in [2.45, 2.75) is 26.4 Å². The van der Waals surface area contributed by atoms with E-state index in [1.807, 2.05) is 0 Å². The molecule has 0 spiro atoms. The summed E-state index contributed by atoms with van der Waals surface area (Å²) in [7, 11) is 0. The van der Waals surface area contributed by atoms with E-state index in [0.29, 0.717) is 6.21 Å². The molecule has 0 aromatic heterocycles. The monoisotopic (exact) mass is 310 g/mol. The predicted octanol–water partition coefficient (Wildman–Crippen LogP) is 3.24. The van der Waals surface area contributed by atoms with E-state index in [-0.39, 0.29) is 0 Å². The molecule has 21 heavy (non-hydrogen) atoms. The molecule has 0 saturated carbocycles. The Labute approximate surface area is 116 Å². The van der Waals surface area contributed by atoms with Crippen LogP contribution in [0.2, 0.25) is 0 Å². The second-order valence-electron chi connectivity index (χ2n) is 4.86. The minimum atomic E-state index is -2.28. The average Bonchev–Trinajstić information content (AvgIpc) is 2.36. The highest BCUT2D eigenvalue weighted by Crippen LogP contribution is 2.21. The van der Waals surface area contributed by atoms with Gasteiger partial charge in [0, 0.05) is 0 Å². The first-order valence-corrected chi connectivity index (χ1v) is 5.58. The molecule has 0 unspecified atom stereocenters. The lowest BCUT2D eigenvalue weighted by Gasteiger charge is -2.18. The van der Waals surface area contributed by atoms with Crippen molar-refractivity contribution in [3.05, 3.63) is 34.6 Å². The van der Waals surface area contributed by atoms with Crippen LogP contribution in [0.1, 0.15) is 26.3 Å². The molecular formula is C12H11F5N2O2. The number of hydrogen-bond donors (Lipinski definition) is 1. The molecular weight excluding hydrogens is 299 g/mol. The third kappa shape index (κ3) is 4.14. The maximum absolute atomic E-state index is 13.2. The number of benzene rings is 1. The van der Waals surface area contributed by atoms with Gasteiger partial charge in [-0.3, -0.25) is 0 Å². The largest absolute Gasteiger partial charge is 0.443 e. The number of ether oxygens (including phenoxy) is 1. The van der Waals surface area contributed by atoms with Crippen molar-refractivity contribution in [2.75, 3.05) is 0 Å². The predicted molar refractivity (Wildman–Crippen MR) is 63.2 cm³/mol. The van der Waals surface area contributed by atoms with E-state index >= 15 is 0 Å². The summed E-state index contributed by atoms with van der Waals surface area (Å²) in [6.07, 6.45) is -0.761. The average molecular weight is 310 g/mol. The molecule has 1 amide bonds. The van der Waals surface area contributed by atoms with Crippen molar-refractivity contribution in [3.8, 4) is 0 Å². The lowest BCUT2D eigenvalue weighted by atomic mass is 10.2. The van der Waals surface area contributed by atoms with E-state index in [2.05, 4.69) is 5.10 Å². The van der Waals surface area contributed by atoms with E-state index in [0.717, 1.165) is 0 Å². The number of hydrazone groups is 1. The molecule has 0 atom stereocenters. The van der Waals surface area contributed by atoms with Gasteiger partial charge in [-0.15, -0.1) is 0 Å². The first-order valence-electron chi connectivity index (χ1n) is 5.58. The third-order valence-electron chi connectivity index (χ3n) is 1.99. The summed E-state index contributed by atoms with van der Waals surface area (Å²) in [5.74, 6) is -10.6. The highest BCUT2D eigenvalue weighted by molar-refractivity contribution is 5.81. The van der Waals surface area contributed by atoms with E-state index in [1.54, 1.807) is 26.2 Å². The fourth-order valence-corrected chi connectivity index (χ4v) is 1.19. The summed E-state index contributed by atoms with van der Waals surface area (Å²) in [5.41, 5.74) is -0.387. The summed E-state index contributed by atoms with van der Waals surface area (Å²) >= 11 is 0. The lowest BCUT2D eigenvalue weighted by Crippen LogP contribution is -2.29. The molecule has 1 aromatic rings. The number of hydrogen-bond acceptors (Lipinski definition) is 3. The van der Waals surface area contributed by atoms with Crippen LogP contribution >= 0.6 is 0 Å². The molecule has 0 bridgehead atoms. The number of carbonyl (C=O) groups excluding carboxylic acids is 1. The van der Waals surface area contributed by atoms with Gasteiger partial charge in [0.15, 0.2) is 23.3 Å². The number of nitrogens with zero attached hydrogens (tertiary/aromatic N) is 1. The van der Waals surface area contributed by atoms with Gasteiger partial charge in [0.05, 0.1) is 11.8 Å². The summed E-state index contributed by atoms with van der Waals surface area (Å²) in [5, 5.41) is 3.07. The quantitative estimate of drug-likeness (QED) is 0.300. The van der Waals surface area contributed by atoms with Crippen molar-refractivity contribution >= 4 is 12.3 Å². The molecule has 0 saturated heterocycles. The first kappa shape index (κ1) is 16.9. The van der Waals surface area contributed by atoms with Crippen LogP contribution in [0.5, 0.6) is 0 Å². The molecule has 9 heteroatoms. The zero-order valence-electron chi connectivity index (χ0n) is 11.2. The second-order valence-corrected chi connectivity index (χ2v) is 4.86. The summed E-state index contributed by atoms with van der Waals surface area (Å²) < 4.78 is 69.8. The Morgan fingerprint density at radius 2 is 1.43 bits per heavy atom. The molecule has 0 fully saturated rings. The molecule has 1 rings (SSSR count). The zero-order chi connectivity index (χ0) is 16.4. The lowest BCUT2D eigenvalue weighted by molar-refractivity contribution is 0.0529. The van der Waals surface area contributed by atoms with Gasteiger partial charge in [0.25, 0.3) is 0 Å². The Hall–Kier alpha value is -2.19. The van der Waals surface area contributed by atoms with Crippen molar-refractivity contribution in [1.82, 2.24) is 5.43 Å². The van der Waals surface area contributed by atoms with Gasteiger partial charge < -0.3 is 4.74 Å². The minimum absolute atomic E-state index is 0.292. The highest BCUT2D eigenvalue weighted by atomic mass is 19.2. The molecule has 0 aliphatic rings. The van der Waals surface area contributed by atoms with Gasteiger partial charge in [0.2, 0.25) is 5.82 Å².